The lowest BCUT2D eigenvalue weighted by molar-refractivity contribution is -0.299. The van der Waals surface area contributed by atoms with Crippen LogP contribution in [0.4, 0.5) is 4.39 Å². The summed E-state index contributed by atoms with van der Waals surface area (Å²) in [5.41, 5.74) is 5.18. The zero-order valence-corrected chi connectivity index (χ0v) is 23.7. The van der Waals surface area contributed by atoms with E-state index in [2.05, 4.69) is 46.0 Å². The second-order valence-corrected chi connectivity index (χ2v) is 11.3. The maximum Gasteiger partial charge on any atom is 0.163 e. The number of benzene rings is 1. The Morgan fingerprint density at radius 2 is 1.83 bits per heavy atom. The number of hydrogen-bond acceptors (Lipinski definition) is 4. The number of carbonyl (C=O) groups excluding carboxylic acids is 1. The quantitative estimate of drug-likeness (QED) is 0.252. The van der Waals surface area contributed by atoms with Crippen LogP contribution in [0.15, 0.2) is 48.7 Å². The van der Waals surface area contributed by atoms with Crippen molar-refractivity contribution in [3.63, 3.8) is 0 Å². The smallest absolute Gasteiger partial charge is 0.163 e. The molecular weight excluding hydrogens is 570 g/mol. The number of Topliss-reactive ketones (excluding diaryl/α,β-unsaturated/α-hetero) is 1. The zero-order valence-electron chi connectivity index (χ0n) is 21.6. The first-order valence-electron chi connectivity index (χ1n) is 12.5. The Balaban J connectivity index is 1.76. The molecule has 1 aliphatic rings. The minimum atomic E-state index is -0.740. The molecule has 0 spiro atoms. The van der Waals surface area contributed by atoms with Gasteiger partial charge in [0.25, 0.3) is 0 Å². The molecule has 1 aliphatic heterocycles. The van der Waals surface area contributed by atoms with Gasteiger partial charge < -0.3 is 14.0 Å². The SMILES string of the molecule is CC(=O)C[C@H]1C[C@@H](CCc2c(-c3ccc(F)cc3)c(-c3ccccn3)c(I)n2C(C)C)OC(C)(C)O1. The summed E-state index contributed by atoms with van der Waals surface area (Å²) in [6, 6.07) is 12.9. The van der Waals surface area contributed by atoms with Crippen molar-refractivity contribution in [2.24, 2.45) is 0 Å². The average molecular weight is 605 g/mol. The highest BCUT2D eigenvalue weighted by Crippen LogP contribution is 2.42. The number of nitrogens with zero attached hydrogens (tertiary/aromatic N) is 2. The molecular formula is C29H34FIN2O3. The summed E-state index contributed by atoms with van der Waals surface area (Å²) in [5, 5.41) is 0. The van der Waals surface area contributed by atoms with E-state index in [9.17, 15) is 9.18 Å². The monoisotopic (exact) mass is 604 g/mol. The second-order valence-electron chi connectivity index (χ2n) is 10.2. The van der Waals surface area contributed by atoms with Crippen LogP contribution in [0.3, 0.4) is 0 Å². The number of ketones is 1. The van der Waals surface area contributed by atoms with Crippen molar-refractivity contribution in [3.8, 4) is 22.4 Å². The van der Waals surface area contributed by atoms with Crippen molar-refractivity contribution in [1.29, 1.82) is 0 Å². The van der Waals surface area contributed by atoms with Gasteiger partial charge in [-0.25, -0.2) is 4.39 Å². The largest absolute Gasteiger partial charge is 0.347 e. The predicted molar refractivity (Wildman–Crippen MR) is 148 cm³/mol. The molecule has 3 aromatic rings. The molecule has 1 fully saturated rings. The van der Waals surface area contributed by atoms with E-state index >= 15 is 0 Å². The van der Waals surface area contributed by atoms with E-state index in [1.54, 1.807) is 13.1 Å². The molecule has 0 aliphatic carbocycles. The Bertz CT molecular complexity index is 1210. The molecule has 1 aromatic carbocycles. The number of ether oxygens (including phenoxy) is 2. The zero-order chi connectivity index (χ0) is 26.0. The third kappa shape index (κ3) is 6.06. The molecule has 3 heterocycles. The van der Waals surface area contributed by atoms with Gasteiger partial charge in [0.05, 0.1) is 21.6 Å². The Hall–Kier alpha value is -2.10. The molecule has 36 heavy (non-hydrogen) atoms. The lowest BCUT2D eigenvalue weighted by atomic mass is 9.95. The molecule has 0 radical (unpaired) electrons. The highest BCUT2D eigenvalue weighted by atomic mass is 127. The van der Waals surface area contributed by atoms with Crippen molar-refractivity contribution in [2.45, 2.75) is 84.3 Å². The first-order valence-corrected chi connectivity index (χ1v) is 13.6. The number of aromatic nitrogens is 2. The van der Waals surface area contributed by atoms with Crippen molar-refractivity contribution < 1.29 is 18.7 Å². The van der Waals surface area contributed by atoms with Crippen molar-refractivity contribution in [1.82, 2.24) is 9.55 Å². The molecule has 0 saturated carbocycles. The fourth-order valence-electron chi connectivity index (χ4n) is 5.20. The number of hydrogen-bond donors (Lipinski definition) is 0. The summed E-state index contributed by atoms with van der Waals surface area (Å²) in [6.45, 7) is 9.79. The highest BCUT2D eigenvalue weighted by molar-refractivity contribution is 14.1. The molecule has 2 atom stereocenters. The first-order chi connectivity index (χ1) is 17.1. The van der Waals surface area contributed by atoms with Gasteiger partial charge in [-0.05, 0) is 99.9 Å². The topological polar surface area (TPSA) is 53.4 Å². The molecule has 4 rings (SSSR count). The van der Waals surface area contributed by atoms with Crippen LogP contribution in [0.2, 0.25) is 0 Å². The summed E-state index contributed by atoms with van der Waals surface area (Å²) >= 11 is 2.42. The summed E-state index contributed by atoms with van der Waals surface area (Å²) in [6.07, 6.45) is 4.25. The molecule has 0 unspecified atom stereocenters. The Kier molecular flexibility index (Phi) is 8.32. The molecule has 2 aromatic heterocycles. The Morgan fingerprint density at radius 1 is 1.14 bits per heavy atom. The minimum Gasteiger partial charge on any atom is -0.347 e. The maximum atomic E-state index is 13.9. The molecule has 0 bridgehead atoms. The second kappa shape index (κ2) is 11.1. The van der Waals surface area contributed by atoms with Crippen LogP contribution in [-0.4, -0.2) is 33.3 Å². The highest BCUT2D eigenvalue weighted by Gasteiger charge is 2.36. The molecule has 7 heteroatoms. The van der Waals surface area contributed by atoms with Gasteiger partial charge in [-0.2, -0.15) is 0 Å². The van der Waals surface area contributed by atoms with E-state index in [1.807, 2.05) is 44.2 Å². The minimum absolute atomic E-state index is 0.0364. The Labute approximate surface area is 226 Å². The standard InChI is InChI=1S/C29H34FIN2O3/c1-18(2)33-25(14-13-22-17-23(16-19(3)34)36-29(4,5)35-22)26(20-9-11-21(30)12-10-20)27(28(33)31)24-8-6-7-15-32-24/h6-12,15,18,22-23H,13-14,16-17H2,1-5H3/t22-,23+/m1/s1. The van der Waals surface area contributed by atoms with Crippen molar-refractivity contribution in [3.05, 3.63) is 63.9 Å². The number of carbonyl (C=O) groups is 1. The Morgan fingerprint density at radius 3 is 2.44 bits per heavy atom. The third-order valence-electron chi connectivity index (χ3n) is 6.46. The average Bonchev–Trinajstić information content (AvgIpc) is 3.09. The fraction of sp³-hybridized carbons (Fsp3) is 0.448. The lowest BCUT2D eigenvalue weighted by Gasteiger charge is -2.40. The van der Waals surface area contributed by atoms with Crippen LogP contribution in [0, 0.1) is 9.52 Å². The van der Waals surface area contributed by atoms with Crippen LogP contribution in [0.1, 0.15) is 65.6 Å². The fourth-order valence-corrected chi connectivity index (χ4v) is 6.60. The van der Waals surface area contributed by atoms with Crippen molar-refractivity contribution in [2.75, 3.05) is 0 Å². The van der Waals surface area contributed by atoms with Gasteiger partial charge >= 0.3 is 0 Å². The summed E-state index contributed by atoms with van der Waals surface area (Å²) < 4.78 is 29.6. The van der Waals surface area contributed by atoms with Crippen LogP contribution < -0.4 is 0 Å². The van der Waals surface area contributed by atoms with E-state index in [0.717, 1.165) is 38.9 Å². The number of halogens is 2. The van der Waals surface area contributed by atoms with Gasteiger partial charge in [-0.3, -0.25) is 9.78 Å². The summed E-state index contributed by atoms with van der Waals surface area (Å²) in [4.78, 5) is 16.4. The molecule has 192 valence electrons. The predicted octanol–water partition coefficient (Wildman–Crippen LogP) is 7.36. The molecule has 1 saturated heterocycles. The summed E-state index contributed by atoms with van der Waals surface area (Å²) in [7, 11) is 0. The van der Waals surface area contributed by atoms with Gasteiger partial charge in [-0.15, -0.1) is 0 Å². The molecule has 5 nitrogen and oxygen atoms in total. The van der Waals surface area contributed by atoms with Gasteiger partial charge in [-0.1, -0.05) is 18.2 Å². The first kappa shape index (κ1) is 26.9. The van der Waals surface area contributed by atoms with Crippen LogP contribution in [-0.2, 0) is 20.7 Å². The van der Waals surface area contributed by atoms with E-state index in [-0.39, 0.29) is 29.9 Å². The van der Waals surface area contributed by atoms with E-state index < -0.39 is 5.79 Å². The normalized spacial score (nSPS) is 19.6. The van der Waals surface area contributed by atoms with Gasteiger partial charge in [0.2, 0.25) is 0 Å². The van der Waals surface area contributed by atoms with Crippen molar-refractivity contribution >= 4 is 28.4 Å². The maximum absolute atomic E-state index is 13.9. The lowest BCUT2D eigenvalue weighted by Crippen LogP contribution is -2.45. The summed E-state index contributed by atoms with van der Waals surface area (Å²) in [5.74, 6) is -0.874. The third-order valence-corrected chi connectivity index (χ3v) is 7.52. The van der Waals surface area contributed by atoms with Gasteiger partial charge in [0.1, 0.15) is 11.6 Å². The van der Waals surface area contributed by atoms with E-state index in [0.29, 0.717) is 12.8 Å². The number of rotatable bonds is 8. The van der Waals surface area contributed by atoms with Crippen LogP contribution in [0.5, 0.6) is 0 Å². The molecule has 0 amide bonds. The van der Waals surface area contributed by atoms with E-state index in [1.165, 1.54) is 17.8 Å². The van der Waals surface area contributed by atoms with E-state index in [4.69, 9.17) is 9.47 Å². The van der Waals surface area contributed by atoms with Crippen LogP contribution in [0.25, 0.3) is 22.4 Å². The van der Waals surface area contributed by atoms with Crippen LogP contribution >= 0.6 is 22.6 Å². The van der Waals surface area contributed by atoms with Gasteiger partial charge in [0, 0.05) is 41.9 Å². The molecule has 0 N–H and O–H groups in total. The van der Waals surface area contributed by atoms with Gasteiger partial charge in [0.15, 0.2) is 5.79 Å². The number of pyridine rings is 1.